The maximum absolute atomic E-state index is 11.2. The summed E-state index contributed by atoms with van der Waals surface area (Å²) in [7, 11) is 1.69. The topological polar surface area (TPSA) is 46.5 Å². The SMILES string of the molecule is COCCCC1CC(C)(C)CCC1C(=O)O. The van der Waals surface area contributed by atoms with Gasteiger partial charge in [-0.05, 0) is 43.4 Å². The molecule has 2 unspecified atom stereocenters. The van der Waals surface area contributed by atoms with Crippen LogP contribution in [0.4, 0.5) is 0 Å². The van der Waals surface area contributed by atoms with Gasteiger partial charge in [0.1, 0.15) is 0 Å². The molecule has 0 aromatic heterocycles. The van der Waals surface area contributed by atoms with Gasteiger partial charge in [0, 0.05) is 13.7 Å². The monoisotopic (exact) mass is 228 g/mol. The summed E-state index contributed by atoms with van der Waals surface area (Å²) in [5.41, 5.74) is 0.309. The Hall–Kier alpha value is -0.570. The average molecular weight is 228 g/mol. The van der Waals surface area contributed by atoms with E-state index >= 15 is 0 Å². The van der Waals surface area contributed by atoms with Crippen molar-refractivity contribution in [2.24, 2.45) is 17.3 Å². The third kappa shape index (κ3) is 3.78. The van der Waals surface area contributed by atoms with E-state index in [0.29, 0.717) is 11.3 Å². The molecule has 2 atom stereocenters. The largest absolute Gasteiger partial charge is 0.481 e. The van der Waals surface area contributed by atoms with Gasteiger partial charge in [0.15, 0.2) is 0 Å². The minimum Gasteiger partial charge on any atom is -0.481 e. The number of methoxy groups -OCH3 is 1. The molecule has 1 aliphatic carbocycles. The van der Waals surface area contributed by atoms with E-state index < -0.39 is 5.97 Å². The number of hydrogen-bond acceptors (Lipinski definition) is 2. The summed E-state index contributed by atoms with van der Waals surface area (Å²) < 4.78 is 5.03. The molecule has 94 valence electrons. The molecule has 0 bridgehead atoms. The zero-order valence-corrected chi connectivity index (χ0v) is 10.7. The molecule has 1 N–H and O–H groups in total. The molecule has 0 amide bonds. The Bertz CT molecular complexity index is 235. The van der Waals surface area contributed by atoms with Gasteiger partial charge in [0.2, 0.25) is 0 Å². The number of ether oxygens (including phenoxy) is 1. The lowest BCUT2D eigenvalue weighted by atomic mass is 9.66. The predicted octanol–water partition coefficient (Wildman–Crippen LogP) is 2.94. The summed E-state index contributed by atoms with van der Waals surface area (Å²) >= 11 is 0. The molecule has 1 fully saturated rings. The Morgan fingerprint density at radius 1 is 1.50 bits per heavy atom. The van der Waals surface area contributed by atoms with E-state index in [1.807, 2.05) is 0 Å². The minimum absolute atomic E-state index is 0.134. The average Bonchev–Trinajstić information content (AvgIpc) is 2.16. The van der Waals surface area contributed by atoms with Crippen LogP contribution in [0.1, 0.15) is 46.0 Å². The Labute approximate surface area is 98.2 Å². The molecule has 0 aromatic rings. The van der Waals surface area contributed by atoms with Gasteiger partial charge in [-0.25, -0.2) is 0 Å². The highest BCUT2D eigenvalue weighted by molar-refractivity contribution is 5.70. The van der Waals surface area contributed by atoms with Crippen LogP contribution in [0.25, 0.3) is 0 Å². The molecule has 0 saturated heterocycles. The van der Waals surface area contributed by atoms with Crippen molar-refractivity contribution in [2.75, 3.05) is 13.7 Å². The Balaban J connectivity index is 2.54. The van der Waals surface area contributed by atoms with Crippen molar-refractivity contribution in [2.45, 2.75) is 46.0 Å². The molecule has 0 spiro atoms. The van der Waals surface area contributed by atoms with E-state index in [1.165, 1.54) is 0 Å². The Kier molecular flexibility index (Phi) is 4.78. The smallest absolute Gasteiger partial charge is 0.306 e. The van der Waals surface area contributed by atoms with Crippen molar-refractivity contribution in [1.29, 1.82) is 0 Å². The van der Waals surface area contributed by atoms with Crippen molar-refractivity contribution >= 4 is 5.97 Å². The molecular weight excluding hydrogens is 204 g/mol. The first-order valence-corrected chi connectivity index (χ1v) is 6.18. The lowest BCUT2D eigenvalue weighted by molar-refractivity contribution is -0.146. The lowest BCUT2D eigenvalue weighted by Gasteiger charge is -2.39. The molecule has 1 aliphatic rings. The fourth-order valence-corrected chi connectivity index (χ4v) is 2.85. The second-order valence-corrected chi connectivity index (χ2v) is 5.75. The normalized spacial score (nSPS) is 28.9. The van der Waals surface area contributed by atoms with Gasteiger partial charge >= 0.3 is 5.97 Å². The van der Waals surface area contributed by atoms with Gasteiger partial charge in [0.05, 0.1) is 5.92 Å². The Morgan fingerprint density at radius 2 is 2.19 bits per heavy atom. The van der Waals surface area contributed by atoms with Gasteiger partial charge in [-0.3, -0.25) is 4.79 Å². The van der Waals surface area contributed by atoms with Gasteiger partial charge in [0.25, 0.3) is 0 Å². The maximum atomic E-state index is 11.2. The number of rotatable bonds is 5. The van der Waals surface area contributed by atoms with E-state index in [4.69, 9.17) is 4.74 Å². The molecule has 0 aliphatic heterocycles. The van der Waals surface area contributed by atoms with Gasteiger partial charge in [-0.15, -0.1) is 0 Å². The summed E-state index contributed by atoms with van der Waals surface area (Å²) in [6.45, 7) is 5.23. The first kappa shape index (κ1) is 13.5. The first-order chi connectivity index (χ1) is 7.46. The number of hydrogen-bond donors (Lipinski definition) is 1. The fraction of sp³-hybridized carbons (Fsp3) is 0.923. The first-order valence-electron chi connectivity index (χ1n) is 6.18. The van der Waals surface area contributed by atoms with Crippen molar-refractivity contribution in [3.8, 4) is 0 Å². The third-order valence-corrected chi connectivity index (χ3v) is 3.76. The number of aliphatic carboxylic acids is 1. The molecule has 0 heterocycles. The van der Waals surface area contributed by atoms with Crippen LogP contribution in [0.2, 0.25) is 0 Å². The van der Waals surface area contributed by atoms with Gasteiger partial charge in [-0.1, -0.05) is 13.8 Å². The standard InChI is InChI=1S/C13H24O3/c1-13(2)7-6-11(12(14)15)10(9-13)5-4-8-16-3/h10-11H,4-9H2,1-3H3,(H,14,15). The van der Waals surface area contributed by atoms with Crippen LogP contribution in [-0.4, -0.2) is 24.8 Å². The molecular formula is C13H24O3. The fourth-order valence-electron chi connectivity index (χ4n) is 2.85. The maximum Gasteiger partial charge on any atom is 0.306 e. The van der Waals surface area contributed by atoms with Crippen molar-refractivity contribution in [3.63, 3.8) is 0 Å². The second kappa shape index (κ2) is 5.67. The van der Waals surface area contributed by atoms with Crippen LogP contribution in [0.5, 0.6) is 0 Å². The molecule has 0 aromatic carbocycles. The lowest BCUT2D eigenvalue weighted by Crippen LogP contribution is -2.34. The highest BCUT2D eigenvalue weighted by Gasteiger charge is 2.37. The van der Waals surface area contributed by atoms with E-state index in [-0.39, 0.29) is 5.92 Å². The molecule has 1 rings (SSSR count). The second-order valence-electron chi connectivity index (χ2n) is 5.75. The number of carboxylic acid groups (broad SMARTS) is 1. The van der Waals surface area contributed by atoms with Crippen LogP contribution in [0.3, 0.4) is 0 Å². The quantitative estimate of drug-likeness (QED) is 0.736. The van der Waals surface area contributed by atoms with E-state index in [0.717, 1.165) is 38.7 Å². The summed E-state index contributed by atoms with van der Waals surface area (Å²) in [6.07, 6.45) is 4.85. The zero-order valence-electron chi connectivity index (χ0n) is 10.7. The van der Waals surface area contributed by atoms with Crippen LogP contribution in [0.15, 0.2) is 0 Å². The van der Waals surface area contributed by atoms with Crippen LogP contribution in [0, 0.1) is 17.3 Å². The van der Waals surface area contributed by atoms with Crippen LogP contribution >= 0.6 is 0 Å². The molecule has 3 nitrogen and oxygen atoms in total. The van der Waals surface area contributed by atoms with Gasteiger partial charge < -0.3 is 9.84 Å². The predicted molar refractivity (Wildman–Crippen MR) is 63.4 cm³/mol. The Morgan fingerprint density at radius 3 is 2.75 bits per heavy atom. The molecule has 16 heavy (non-hydrogen) atoms. The molecule has 1 saturated carbocycles. The van der Waals surface area contributed by atoms with Crippen molar-refractivity contribution in [3.05, 3.63) is 0 Å². The minimum atomic E-state index is -0.613. The molecule has 0 radical (unpaired) electrons. The van der Waals surface area contributed by atoms with E-state index in [1.54, 1.807) is 7.11 Å². The highest BCUT2D eigenvalue weighted by atomic mass is 16.5. The number of carboxylic acids is 1. The summed E-state index contributed by atoms with van der Waals surface area (Å²) in [4.78, 5) is 11.2. The van der Waals surface area contributed by atoms with E-state index in [2.05, 4.69) is 13.8 Å². The van der Waals surface area contributed by atoms with Crippen LogP contribution in [-0.2, 0) is 9.53 Å². The summed E-state index contributed by atoms with van der Waals surface area (Å²) in [5.74, 6) is -0.417. The molecule has 3 heteroatoms. The highest BCUT2D eigenvalue weighted by Crippen LogP contribution is 2.43. The third-order valence-electron chi connectivity index (χ3n) is 3.76. The zero-order chi connectivity index (χ0) is 12.2. The van der Waals surface area contributed by atoms with Crippen LogP contribution < -0.4 is 0 Å². The van der Waals surface area contributed by atoms with Crippen molar-refractivity contribution < 1.29 is 14.6 Å². The van der Waals surface area contributed by atoms with Crippen molar-refractivity contribution in [1.82, 2.24) is 0 Å². The van der Waals surface area contributed by atoms with Gasteiger partial charge in [-0.2, -0.15) is 0 Å². The number of carbonyl (C=O) groups is 1. The summed E-state index contributed by atoms with van der Waals surface area (Å²) in [6, 6.07) is 0. The summed E-state index contributed by atoms with van der Waals surface area (Å²) in [5, 5.41) is 9.20. The van der Waals surface area contributed by atoms with E-state index in [9.17, 15) is 9.90 Å².